The van der Waals surface area contributed by atoms with E-state index >= 15 is 0 Å². The molecule has 1 N–H and O–H groups in total. The van der Waals surface area contributed by atoms with Gasteiger partial charge in [0.15, 0.2) is 0 Å². The Morgan fingerprint density at radius 1 is 1.19 bits per heavy atom. The first-order chi connectivity index (χ1) is 10.1. The van der Waals surface area contributed by atoms with E-state index in [0.717, 1.165) is 25.3 Å². The van der Waals surface area contributed by atoms with Crippen LogP contribution in [-0.4, -0.2) is 47.6 Å². The van der Waals surface area contributed by atoms with Crippen LogP contribution in [0.1, 0.15) is 40.4 Å². The topological polar surface area (TPSA) is 62.3 Å². The zero-order valence-electron chi connectivity index (χ0n) is 12.8. The summed E-state index contributed by atoms with van der Waals surface area (Å²) >= 11 is 0. The third-order valence-electron chi connectivity index (χ3n) is 3.67. The molecular weight excluding hydrogens is 266 g/mol. The van der Waals surface area contributed by atoms with Crippen molar-refractivity contribution < 1.29 is 9.59 Å². The number of hydrogen-bond acceptors (Lipinski definition) is 5. The van der Waals surface area contributed by atoms with Crippen LogP contribution in [-0.2, 0) is 0 Å². The normalized spacial score (nSPS) is 14.2. The minimum absolute atomic E-state index is 0.156. The SMILES string of the molecule is CCN(CC)CCNC1=CC(=O)c2nc(C)ccc2C1=O. The molecular formula is C16H21N3O2. The highest BCUT2D eigenvalue weighted by molar-refractivity contribution is 6.23. The van der Waals surface area contributed by atoms with Crippen molar-refractivity contribution in [3.8, 4) is 0 Å². The molecule has 0 amide bonds. The number of pyridine rings is 1. The van der Waals surface area contributed by atoms with Crippen LogP contribution in [0.25, 0.3) is 0 Å². The molecule has 5 nitrogen and oxygen atoms in total. The van der Waals surface area contributed by atoms with Crippen molar-refractivity contribution in [2.45, 2.75) is 20.8 Å². The van der Waals surface area contributed by atoms with Crippen molar-refractivity contribution in [1.29, 1.82) is 0 Å². The van der Waals surface area contributed by atoms with Gasteiger partial charge in [-0.1, -0.05) is 13.8 Å². The van der Waals surface area contributed by atoms with Crippen LogP contribution in [0.5, 0.6) is 0 Å². The van der Waals surface area contributed by atoms with Gasteiger partial charge in [-0.15, -0.1) is 0 Å². The van der Waals surface area contributed by atoms with E-state index in [1.165, 1.54) is 6.08 Å². The fourth-order valence-electron chi connectivity index (χ4n) is 2.36. The van der Waals surface area contributed by atoms with Crippen LogP contribution in [0.3, 0.4) is 0 Å². The molecule has 0 atom stereocenters. The Kier molecular flexibility index (Phi) is 4.85. The van der Waals surface area contributed by atoms with Gasteiger partial charge in [0.05, 0.1) is 11.3 Å². The van der Waals surface area contributed by atoms with Gasteiger partial charge in [0.2, 0.25) is 11.6 Å². The average molecular weight is 287 g/mol. The lowest BCUT2D eigenvalue weighted by Gasteiger charge is -2.20. The Balaban J connectivity index is 2.08. The molecule has 0 saturated carbocycles. The monoisotopic (exact) mass is 287 g/mol. The van der Waals surface area contributed by atoms with E-state index in [9.17, 15) is 9.59 Å². The Labute approximate surface area is 125 Å². The van der Waals surface area contributed by atoms with Crippen molar-refractivity contribution in [3.05, 3.63) is 40.9 Å². The number of nitrogens with one attached hydrogen (secondary N) is 1. The largest absolute Gasteiger partial charge is 0.380 e. The van der Waals surface area contributed by atoms with Crippen LogP contribution in [0.2, 0.25) is 0 Å². The Hall–Kier alpha value is -2.01. The Bertz CT molecular complexity index is 589. The van der Waals surface area contributed by atoms with Gasteiger partial charge in [-0.2, -0.15) is 0 Å². The summed E-state index contributed by atoms with van der Waals surface area (Å²) in [6, 6.07) is 3.43. The molecule has 0 unspecified atom stereocenters. The van der Waals surface area contributed by atoms with Crippen LogP contribution < -0.4 is 5.32 Å². The standard InChI is InChI=1S/C16H21N3O2/c1-4-19(5-2)9-8-17-13-10-14(20)15-12(16(13)21)7-6-11(3)18-15/h6-7,10,17H,4-5,8-9H2,1-3H3. The maximum Gasteiger partial charge on any atom is 0.211 e. The molecule has 0 saturated heterocycles. The predicted octanol–water partition coefficient (Wildman–Crippen LogP) is 1.58. The van der Waals surface area contributed by atoms with E-state index in [1.807, 2.05) is 0 Å². The minimum Gasteiger partial charge on any atom is -0.380 e. The fraction of sp³-hybridized carbons (Fsp3) is 0.438. The third-order valence-corrected chi connectivity index (χ3v) is 3.67. The number of aromatic nitrogens is 1. The Morgan fingerprint density at radius 2 is 1.90 bits per heavy atom. The van der Waals surface area contributed by atoms with Gasteiger partial charge < -0.3 is 10.2 Å². The highest BCUT2D eigenvalue weighted by Crippen LogP contribution is 2.18. The van der Waals surface area contributed by atoms with E-state index < -0.39 is 0 Å². The summed E-state index contributed by atoms with van der Waals surface area (Å²) in [5.41, 5.74) is 1.75. The summed E-state index contributed by atoms with van der Waals surface area (Å²) in [6.45, 7) is 9.42. The number of nitrogens with zero attached hydrogens (tertiary/aromatic N) is 2. The highest BCUT2D eigenvalue weighted by atomic mass is 16.1. The molecule has 1 aromatic rings. The maximum atomic E-state index is 12.4. The molecule has 1 aliphatic rings. The molecule has 0 aliphatic heterocycles. The lowest BCUT2D eigenvalue weighted by atomic mass is 9.96. The first kappa shape index (κ1) is 15.4. The highest BCUT2D eigenvalue weighted by Gasteiger charge is 2.26. The van der Waals surface area contributed by atoms with Crippen molar-refractivity contribution in [2.24, 2.45) is 0 Å². The number of ketones is 2. The minimum atomic E-state index is -0.210. The van der Waals surface area contributed by atoms with E-state index in [2.05, 4.69) is 29.0 Å². The van der Waals surface area contributed by atoms with Crippen LogP contribution in [0, 0.1) is 6.92 Å². The van der Waals surface area contributed by atoms with Gasteiger partial charge in [-0.25, -0.2) is 4.98 Å². The van der Waals surface area contributed by atoms with Crippen LogP contribution in [0.4, 0.5) is 0 Å². The first-order valence-corrected chi connectivity index (χ1v) is 7.31. The smallest absolute Gasteiger partial charge is 0.211 e. The molecule has 21 heavy (non-hydrogen) atoms. The van der Waals surface area contributed by atoms with Gasteiger partial charge in [0, 0.05) is 24.9 Å². The number of likely N-dealkylation sites (N-methyl/N-ethyl adjacent to an activating group) is 1. The number of carbonyl (C=O) groups is 2. The number of hydrogen-bond donors (Lipinski definition) is 1. The summed E-state index contributed by atoms with van der Waals surface area (Å²) in [7, 11) is 0. The molecule has 1 aromatic heterocycles. The number of Topliss-reactive ketones (excluding diaryl/α,β-unsaturated/α-hetero) is 1. The van der Waals surface area contributed by atoms with E-state index in [-0.39, 0.29) is 17.3 Å². The van der Waals surface area contributed by atoms with Gasteiger partial charge in [-0.05, 0) is 32.1 Å². The van der Waals surface area contributed by atoms with Gasteiger partial charge in [-0.3, -0.25) is 9.59 Å². The van der Waals surface area contributed by atoms with Crippen LogP contribution in [0.15, 0.2) is 23.9 Å². The molecule has 2 rings (SSSR count). The van der Waals surface area contributed by atoms with Crippen molar-refractivity contribution in [2.75, 3.05) is 26.2 Å². The van der Waals surface area contributed by atoms with Gasteiger partial charge >= 0.3 is 0 Å². The molecule has 0 fully saturated rings. The molecule has 112 valence electrons. The molecule has 1 heterocycles. The molecule has 5 heteroatoms. The summed E-state index contributed by atoms with van der Waals surface area (Å²) in [5.74, 6) is -0.365. The zero-order valence-corrected chi connectivity index (χ0v) is 12.8. The number of aryl methyl sites for hydroxylation is 1. The molecule has 0 radical (unpaired) electrons. The number of fused-ring (bicyclic) bond motifs is 1. The second kappa shape index (κ2) is 6.63. The second-order valence-corrected chi connectivity index (χ2v) is 5.05. The van der Waals surface area contributed by atoms with E-state index in [1.54, 1.807) is 19.1 Å². The summed E-state index contributed by atoms with van der Waals surface area (Å²) in [6.07, 6.45) is 1.36. The zero-order chi connectivity index (χ0) is 15.4. The van der Waals surface area contributed by atoms with Gasteiger partial charge in [0.1, 0.15) is 5.69 Å². The lowest BCUT2D eigenvalue weighted by Crippen LogP contribution is -2.34. The van der Waals surface area contributed by atoms with E-state index in [4.69, 9.17) is 0 Å². The first-order valence-electron chi connectivity index (χ1n) is 7.31. The van der Waals surface area contributed by atoms with E-state index in [0.29, 0.717) is 17.8 Å². The van der Waals surface area contributed by atoms with Crippen molar-refractivity contribution >= 4 is 11.6 Å². The second-order valence-electron chi connectivity index (χ2n) is 5.05. The number of rotatable bonds is 6. The molecule has 0 spiro atoms. The lowest BCUT2D eigenvalue weighted by molar-refractivity contribution is 0.0974. The molecule has 0 bridgehead atoms. The van der Waals surface area contributed by atoms with Crippen LogP contribution >= 0.6 is 0 Å². The average Bonchev–Trinajstić information content (AvgIpc) is 2.48. The van der Waals surface area contributed by atoms with Gasteiger partial charge in [0.25, 0.3) is 0 Å². The molecule has 1 aliphatic carbocycles. The maximum absolute atomic E-state index is 12.4. The predicted molar refractivity (Wildman–Crippen MR) is 81.5 cm³/mol. The number of carbonyl (C=O) groups excluding carboxylic acids is 2. The summed E-state index contributed by atoms with van der Waals surface area (Å²) < 4.78 is 0. The van der Waals surface area contributed by atoms with Crippen molar-refractivity contribution in [1.82, 2.24) is 15.2 Å². The molecule has 0 aromatic carbocycles. The summed E-state index contributed by atoms with van der Waals surface area (Å²) in [5, 5.41) is 3.08. The quantitative estimate of drug-likeness (QED) is 0.861. The fourth-order valence-corrected chi connectivity index (χ4v) is 2.36. The number of allylic oxidation sites excluding steroid dienone is 2. The third kappa shape index (κ3) is 3.36. The summed E-state index contributed by atoms with van der Waals surface area (Å²) in [4.78, 5) is 30.8. The Morgan fingerprint density at radius 3 is 2.57 bits per heavy atom. The van der Waals surface area contributed by atoms with Crippen molar-refractivity contribution in [3.63, 3.8) is 0 Å².